The Morgan fingerprint density at radius 2 is 1.76 bits per heavy atom. The summed E-state index contributed by atoms with van der Waals surface area (Å²) in [6.07, 6.45) is 2.64. The van der Waals surface area contributed by atoms with Crippen molar-refractivity contribution in [3.8, 4) is 11.1 Å². The number of hydrogen-bond acceptors (Lipinski definition) is 6. The van der Waals surface area contributed by atoms with E-state index < -0.39 is 33.1 Å². The highest BCUT2D eigenvalue weighted by atomic mass is 32.2. The summed E-state index contributed by atoms with van der Waals surface area (Å²) < 4.78 is 65.6. The summed E-state index contributed by atoms with van der Waals surface area (Å²) in [5.41, 5.74) is 5.01. The first-order chi connectivity index (χ1) is 19.7. The number of para-hydroxylation sites is 1. The van der Waals surface area contributed by atoms with Crippen LogP contribution in [0.4, 0.5) is 14.5 Å². The van der Waals surface area contributed by atoms with Gasteiger partial charge < -0.3 is 19.7 Å². The van der Waals surface area contributed by atoms with Crippen molar-refractivity contribution in [2.24, 2.45) is 0 Å². The quantitative estimate of drug-likeness (QED) is 0.245. The lowest BCUT2D eigenvalue weighted by atomic mass is 10.0. The maximum absolute atomic E-state index is 15.3. The second-order valence-electron chi connectivity index (χ2n) is 9.20. The van der Waals surface area contributed by atoms with Crippen LogP contribution in [0.5, 0.6) is 0 Å². The van der Waals surface area contributed by atoms with Gasteiger partial charge in [0, 0.05) is 17.3 Å². The molecular formula is C29H20F2N4O5S. The third-order valence-electron chi connectivity index (χ3n) is 6.74. The number of rotatable bonds is 6. The summed E-state index contributed by atoms with van der Waals surface area (Å²) in [5.74, 6) is -2.46. The maximum atomic E-state index is 15.3. The van der Waals surface area contributed by atoms with E-state index in [2.05, 4.69) is 4.98 Å². The highest BCUT2D eigenvalue weighted by molar-refractivity contribution is 7.90. The Labute approximate surface area is 230 Å². The van der Waals surface area contributed by atoms with E-state index in [0.29, 0.717) is 0 Å². The van der Waals surface area contributed by atoms with E-state index >= 15 is 4.39 Å². The number of halogens is 2. The fourth-order valence-corrected chi connectivity index (χ4v) is 6.02. The standard InChI is InChI=1S/C29H20F2N4O5S/c30-19-8-2-1-6-16(19)15-35-22-14-20(31)17-11-13-40-27(17)25(22)24(18-7-5-12-33-28(18)36)26(35)29(37)34-41(38,39)23-10-4-3-9-21(23)32/h1-14H,15,32H2,(H,33,36)(H,34,37). The van der Waals surface area contributed by atoms with Gasteiger partial charge in [0.1, 0.15) is 27.8 Å². The molecule has 0 saturated carbocycles. The predicted octanol–water partition coefficient (Wildman–Crippen LogP) is 4.77. The summed E-state index contributed by atoms with van der Waals surface area (Å²) in [5, 5.41) is 0.243. The van der Waals surface area contributed by atoms with Gasteiger partial charge in [-0.15, -0.1) is 0 Å². The third kappa shape index (κ3) is 4.34. The van der Waals surface area contributed by atoms with Gasteiger partial charge in [-0.25, -0.2) is 21.9 Å². The van der Waals surface area contributed by atoms with Crippen LogP contribution >= 0.6 is 0 Å². The van der Waals surface area contributed by atoms with Gasteiger partial charge in [0.15, 0.2) is 0 Å². The number of amides is 1. The largest absolute Gasteiger partial charge is 0.463 e. The molecule has 0 aliphatic carbocycles. The summed E-state index contributed by atoms with van der Waals surface area (Å²) in [7, 11) is -4.52. The molecule has 3 aromatic carbocycles. The van der Waals surface area contributed by atoms with E-state index in [0.717, 1.165) is 6.07 Å². The first kappa shape index (κ1) is 26.0. The molecule has 0 aliphatic rings. The average Bonchev–Trinajstić information content (AvgIpc) is 3.54. The minimum atomic E-state index is -4.52. The minimum absolute atomic E-state index is 0.0177. The van der Waals surface area contributed by atoms with Crippen LogP contribution in [0.3, 0.4) is 0 Å². The van der Waals surface area contributed by atoms with Crippen LogP contribution in [-0.4, -0.2) is 23.9 Å². The van der Waals surface area contributed by atoms with E-state index in [4.69, 9.17) is 10.2 Å². The maximum Gasteiger partial charge on any atom is 0.282 e. The van der Waals surface area contributed by atoms with Crippen molar-refractivity contribution >= 4 is 43.5 Å². The van der Waals surface area contributed by atoms with E-state index in [1.54, 1.807) is 6.07 Å². The number of benzene rings is 3. The second-order valence-corrected chi connectivity index (χ2v) is 10.9. The van der Waals surface area contributed by atoms with Gasteiger partial charge in [0.2, 0.25) is 0 Å². The lowest BCUT2D eigenvalue weighted by Gasteiger charge is -2.14. The molecule has 1 amide bonds. The Kier molecular flexibility index (Phi) is 6.19. The third-order valence-corrected chi connectivity index (χ3v) is 8.15. The highest BCUT2D eigenvalue weighted by Gasteiger charge is 2.32. The van der Waals surface area contributed by atoms with Crippen LogP contribution in [0.25, 0.3) is 33.0 Å². The lowest BCUT2D eigenvalue weighted by molar-refractivity contribution is 0.0974. The molecule has 206 valence electrons. The molecule has 0 bridgehead atoms. The molecule has 41 heavy (non-hydrogen) atoms. The van der Waals surface area contributed by atoms with Gasteiger partial charge in [-0.3, -0.25) is 9.59 Å². The number of carbonyl (C=O) groups is 1. The number of nitrogen functional groups attached to an aromatic ring is 1. The number of hydrogen-bond donors (Lipinski definition) is 3. The number of nitrogens with two attached hydrogens (primary N) is 1. The van der Waals surface area contributed by atoms with Crippen LogP contribution in [0.15, 0.2) is 99.4 Å². The van der Waals surface area contributed by atoms with Gasteiger partial charge in [-0.2, -0.15) is 0 Å². The van der Waals surface area contributed by atoms with Crippen LogP contribution < -0.4 is 16.0 Å². The highest BCUT2D eigenvalue weighted by Crippen LogP contribution is 2.40. The van der Waals surface area contributed by atoms with E-state index in [1.165, 1.54) is 77.7 Å². The number of anilines is 1. The van der Waals surface area contributed by atoms with Gasteiger partial charge in [-0.1, -0.05) is 30.3 Å². The van der Waals surface area contributed by atoms with Crippen molar-refractivity contribution < 1.29 is 26.4 Å². The Balaban J connectivity index is 1.70. The van der Waals surface area contributed by atoms with Crippen LogP contribution in [-0.2, 0) is 16.6 Å². The smallest absolute Gasteiger partial charge is 0.282 e. The molecule has 0 fully saturated rings. The molecule has 0 spiro atoms. The monoisotopic (exact) mass is 574 g/mol. The fourth-order valence-electron chi connectivity index (χ4n) is 4.93. The van der Waals surface area contributed by atoms with Gasteiger partial charge in [0.05, 0.1) is 40.3 Å². The van der Waals surface area contributed by atoms with Crippen LogP contribution in [0.1, 0.15) is 16.1 Å². The number of fused-ring (bicyclic) bond motifs is 3. The molecule has 0 aliphatic heterocycles. The number of carbonyl (C=O) groups excluding carboxylic acids is 1. The fraction of sp³-hybridized carbons (Fsp3) is 0.0345. The molecule has 4 N–H and O–H groups in total. The van der Waals surface area contributed by atoms with Gasteiger partial charge >= 0.3 is 0 Å². The SMILES string of the molecule is Nc1ccccc1S(=O)(=O)NC(=O)c1c(-c2ccc[nH]c2=O)c2c3occc3c(F)cc2n1Cc1ccccc1F. The van der Waals surface area contributed by atoms with Crippen LogP contribution in [0, 0.1) is 11.6 Å². The van der Waals surface area contributed by atoms with Crippen molar-refractivity contribution in [1.82, 2.24) is 14.3 Å². The number of aromatic nitrogens is 2. The number of pyridine rings is 1. The summed E-state index contributed by atoms with van der Waals surface area (Å²) in [6.45, 7) is -0.310. The number of sulfonamides is 1. The number of aromatic amines is 1. The Morgan fingerprint density at radius 1 is 1.00 bits per heavy atom. The normalized spacial score (nSPS) is 11.8. The molecular weight excluding hydrogens is 554 g/mol. The minimum Gasteiger partial charge on any atom is -0.463 e. The molecule has 0 unspecified atom stereocenters. The number of furan rings is 1. The molecule has 0 radical (unpaired) electrons. The average molecular weight is 575 g/mol. The zero-order valence-electron chi connectivity index (χ0n) is 21.0. The Morgan fingerprint density at radius 3 is 2.51 bits per heavy atom. The topological polar surface area (TPSA) is 140 Å². The lowest BCUT2D eigenvalue weighted by Crippen LogP contribution is -2.33. The van der Waals surface area contributed by atoms with Crippen molar-refractivity contribution in [3.05, 3.63) is 119 Å². The van der Waals surface area contributed by atoms with Crippen molar-refractivity contribution in [3.63, 3.8) is 0 Å². The zero-order chi connectivity index (χ0) is 28.9. The number of nitrogens with zero attached hydrogens (tertiary/aromatic N) is 1. The van der Waals surface area contributed by atoms with Crippen LogP contribution in [0.2, 0.25) is 0 Å². The summed E-state index contributed by atoms with van der Waals surface area (Å²) in [4.78, 5) is 29.2. The molecule has 9 nitrogen and oxygen atoms in total. The van der Waals surface area contributed by atoms with Gasteiger partial charge in [-0.05, 0) is 42.5 Å². The van der Waals surface area contributed by atoms with Gasteiger partial charge in [0.25, 0.3) is 21.5 Å². The molecule has 0 atom stereocenters. The molecule has 6 rings (SSSR count). The van der Waals surface area contributed by atoms with E-state index in [-0.39, 0.29) is 61.4 Å². The summed E-state index contributed by atoms with van der Waals surface area (Å²) in [6, 6.07) is 16.8. The molecule has 3 heterocycles. The van der Waals surface area contributed by atoms with Crippen molar-refractivity contribution in [2.45, 2.75) is 11.4 Å². The first-order valence-corrected chi connectivity index (χ1v) is 13.7. The van der Waals surface area contributed by atoms with E-state index in [9.17, 15) is 22.4 Å². The first-order valence-electron chi connectivity index (χ1n) is 12.2. The summed E-state index contributed by atoms with van der Waals surface area (Å²) >= 11 is 0. The predicted molar refractivity (Wildman–Crippen MR) is 149 cm³/mol. The Bertz CT molecular complexity index is 2170. The Hall–Kier alpha value is -5.23. The second kappa shape index (κ2) is 9.75. The van der Waals surface area contributed by atoms with Crippen molar-refractivity contribution in [2.75, 3.05) is 5.73 Å². The molecule has 3 aromatic heterocycles. The number of H-pyrrole nitrogens is 1. The van der Waals surface area contributed by atoms with Crippen molar-refractivity contribution in [1.29, 1.82) is 0 Å². The number of nitrogens with one attached hydrogen (secondary N) is 2. The molecule has 12 heteroatoms. The zero-order valence-corrected chi connectivity index (χ0v) is 21.8. The molecule has 6 aromatic rings. The van der Waals surface area contributed by atoms with E-state index in [1.807, 2.05) is 4.72 Å². The molecule has 0 saturated heterocycles.